The molecule has 0 amide bonds. The third-order valence-corrected chi connectivity index (χ3v) is 15.8. The maximum absolute atomic E-state index is 7.34. The molecular weight excluding hydrogens is 859 g/mol. The highest BCUT2D eigenvalue weighted by Crippen LogP contribution is 2.56. The third-order valence-electron chi connectivity index (χ3n) is 13.6. The molecule has 3 atom stereocenters. The molecule has 2 aromatic heterocycles. The Labute approximate surface area is 386 Å². The summed E-state index contributed by atoms with van der Waals surface area (Å²) < 4.78 is 66.9. The number of hydrogen-bond donors (Lipinski definition) is 0. The molecule has 4 aromatic carbocycles. The summed E-state index contributed by atoms with van der Waals surface area (Å²) in [6, 6.07) is 16.5. The molecule has 0 aliphatic heterocycles. The molecule has 2 fully saturated rings. The molecule has 10 nitrogen and oxygen atoms in total. The van der Waals surface area contributed by atoms with E-state index in [2.05, 4.69) is 107 Å². The van der Waals surface area contributed by atoms with Crippen molar-refractivity contribution >= 4 is 60.4 Å². The average Bonchev–Trinajstić information content (AvgIpc) is 3.74. The third kappa shape index (κ3) is 8.90. The summed E-state index contributed by atoms with van der Waals surface area (Å²) in [7, 11) is 2.91. The lowest BCUT2D eigenvalue weighted by Gasteiger charge is -2.35. The SMILES string of the molecule is COc1cc(C(C)(C)C)c2op(O[C@H]3CCCC34CCC[C@H]4Op3oc4c(C(C)(C)C)cc(OC)cc4c4cc(OC)cc(C(C)(C)C)c4o3)oc3c(C(C)(C)C)cc(OC)cc3c2c1. The number of fused-ring (bicyclic) bond motifs is 6. The summed E-state index contributed by atoms with van der Waals surface area (Å²) in [5.41, 5.74) is 5.50. The molecule has 0 radical (unpaired) electrons. The van der Waals surface area contributed by atoms with Gasteiger partial charge in [-0.25, -0.2) is 0 Å². The van der Waals surface area contributed by atoms with Gasteiger partial charge in [-0.2, -0.15) is 0 Å². The molecule has 352 valence electrons. The smallest absolute Gasteiger partial charge is 0.387 e. The van der Waals surface area contributed by atoms with Crippen molar-refractivity contribution in [3.8, 4) is 23.0 Å². The van der Waals surface area contributed by atoms with Crippen molar-refractivity contribution in [2.75, 3.05) is 28.4 Å². The van der Waals surface area contributed by atoms with E-state index in [0.717, 1.165) is 128 Å². The van der Waals surface area contributed by atoms with Gasteiger partial charge in [-0.15, -0.1) is 0 Å². The van der Waals surface area contributed by atoms with Crippen LogP contribution in [0.25, 0.3) is 43.9 Å². The van der Waals surface area contributed by atoms with E-state index in [0.29, 0.717) is 0 Å². The monoisotopic (exact) mass is 928 g/mol. The Morgan fingerprint density at radius 3 is 0.877 bits per heavy atom. The van der Waals surface area contributed by atoms with Crippen LogP contribution in [-0.4, -0.2) is 40.6 Å². The van der Waals surface area contributed by atoms with Crippen LogP contribution in [0.5, 0.6) is 23.0 Å². The molecule has 2 aliphatic rings. The van der Waals surface area contributed by atoms with Crippen molar-refractivity contribution < 1.29 is 44.8 Å². The van der Waals surface area contributed by atoms with Crippen molar-refractivity contribution in [2.45, 2.75) is 155 Å². The molecule has 0 saturated heterocycles. The lowest BCUT2D eigenvalue weighted by atomic mass is 9.80. The molecule has 0 N–H and O–H groups in total. The highest BCUT2D eigenvalue weighted by atomic mass is 31.1. The van der Waals surface area contributed by atoms with Crippen LogP contribution >= 0.6 is 16.5 Å². The van der Waals surface area contributed by atoms with Crippen molar-refractivity contribution in [3.05, 3.63) is 70.8 Å². The van der Waals surface area contributed by atoms with E-state index in [1.165, 1.54) is 0 Å². The first-order valence-corrected chi connectivity index (χ1v) is 25.2. The molecule has 1 unspecified atom stereocenters. The van der Waals surface area contributed by atoms with Gasteiger partial charge >= 0.3 is 16.5 Å². The molecule has 2 saturated carbocycles. The molecule has 0 bridgehead atoms. The van der Waals surface area contributed by atoms with E-state index in [-0.39, 0.29) is 39.3 Å². The van der Waals surface area contributed by atoms with Gasteiger partial charge in [0.15, 0.2) is 0 Å². The molecule has 1 spiro atoms. The van der Waals surface area contributed by atoms with Crippen LogP contribution in [-0.2, 0) is 21.7 Å². The van der Waals surface area contributed by atoms with Gasteiger partial charge in [0.05, 0.1) is 40.6 Å². The molecule has 12 heteroatoms. The first-order chi connectivity index (χ1) is 30.5. The van der Waals surface area contributed by atoms with Gasteiger partial charge in [-0.3, -0.25) is 9.05 Å². The Kier molecular flexibility index (Phi) is 12.5. The fourth-order valence-corrected chi connectivity index (χ4v) is 12.7. The van der Waals surface area contributed by atoms with Gasteiger partial charge in [0.1, 0.15) is 45.3 Å². The first kappa shape index (κ1) is 47.3. The van der Waals surface area contributed by atoms with Crippen molar-refractivity contribution in [1.29, 1.82) is 0 Å². The van der Waals surface area contributed by atoms with Crippen molar-refractivity contribution in [1.82, 2.24) is 0 Å². The zero-order valence-corrected chi connectivity index (χ0v) is 43.3. The van der Waals surface area contributed by atoms with Crippen LogP contribution in [0, 0.1) is 5.41 Å². The predicted molar refractivity (Wildman–Crippen MR) is 265 cm³/mol. The van der Waals surface area contributed by atoms with Crippen molar-refractivity contribution in [3.63, 3.8) is 0 Å². The zero-order chi connectivity index (χ0) is 47.0. The van der Waals surface area contributed by atoms with E-state index in [9.17, 15) is 0 Å². The van der Waals surface area contributed by atoms with Crippen LogP contribution in [0.15, 0.2) is 65.3 Å². The fraction of sp³-hybridized carbons (Fsp3) is 0.547. The molecule has 8 rings (SSSR count). The summed E-state index contributed by atoms with van der Waals surface area (Å²) in [6.45, 7) is 26.3. The molecule has 6 aromatic rings. The van der Waals surface area contributed by atoms with Gasteiger partial charge in [0.25, 0.3) is 0 Å². The van der Waals surface area contributed by atoms with E-state index in [1.54, 1.807) is 28.4 Å². The highest BCUT2D eigenvalue weighted by Gasteiger charge is 2.54. The standard InChI is InChI=1S/C53H70O10P2/c1-49(2,3)39-27-31(54-13)23-35-36-24-32(55-14)28-40(50(4,5)6)46(36)61-64(60-45(35)39)58-43-19-17-21-53(43)22-18-20-44(53)59-65-62-47-37(25-33(56-15)29-41(47)51(7,8)9)38-26-34(57-16)30-42(48(38)63-65)52(10,11)12/h23-30,43-44H,17-22H2,1-16H3/t43-,44+,53?. The van der Waals surface area contributed by atoms with Gasteiger partial charge in [0, 0.05) is 49.2 Å². The van der Waals surface area contributed by atoms with E-state index in [1.807, 2.05) is 24.3 Å². The number of methoxy groups -OCH3 is 4. The molecule has 2 heterocycles. The summed E-state index contributed by atoms with van der Waals surface area (Å²) in [6.07, 6.45) is 5.15. The summed E-state index contributed by atoms with van der Waals surface area (Å²) in [4.78, 5) is 0. The summed E-state index contributed by atoms with van der Waals surface area (Å²) in [5.74, 6) is 2.98. The number of ether oxygens (including phenoxy) is 4. The van der Waals surface area contributed by atoms with Crippen LogP contribution in [0.3, 0.4) is 0 Å². The summed E-state index contributed by atoms with van der Waals surface area (Å²) in [5, 5.41) is 3.54. The lowest BCUT2D eigenvalue weighted by Crippen LogP contribution is -2.42. The van der Waals surface area contributed by atoms with Crippen molar-refractivity contribution in [2.24, 2.45) is 5.41 Å². The second kappa shape index (κ2) is 17.1. The Bertz CT molecular complexity index is 2480. The molecule has 2 aliphatic carbocycles. The van der Waals surface area contributed by atoms with E-state index in [4.69, 9.17) is 44.8 Å². The summed E-state index contributed by atoms with van der Waals surface area (Å²) >= 11 is 0. The van der Waals surface area contributed by atoms with E-state index >= 15 is 0 Å². The second-order valence-corrected chi connectivity index (χ2v) is 24.3. The van der Waals surface area contributed by atoms with Crippen LogP contribution in [0.4, 0.5) is 0 Å². The minimum Gasteiger partial charge on any atom is -0.497 e. The Hall–Kier alpha value is -4.20. The Morgan fingerprint density at radius 2 is 0.662 bits per heavy atom. The predicted octanol–water partition coefficient (Wildman–Crippen LogP) is 15.8. The Morgan fingerprint density at radius 1 is 0.415 bits per heavy atom. The van der Waals surface area contributed by atoms with E-state index < -0.39 is 16.5 Å². The highest BCUT2D eigenvalue weighted by molar-refractivity contribution is 7.32. The maximum atomic E-state index is 7.34. The number of hydrogen-bond acceptors (Lipinski definition) is 10. The quantitative estimate of drug-likeness (QED) is 0.146. The lowest BCUT2D eigenvalue weighted by molar-refractivity contribution is 0.0313. The van der Waals surface area contributed by atoms with Gasteiger partial charge in [0.2, 0.25) is 0 Å². The van der Waals surface area contributed by atoms with Gasteiger partial charge in [-0.1, -0.05) is 95.9 Å². The van der Waals surface area contributed by atoms with Gasteiger partial charge < -0.3 is 35.7 Å². The van der Waals surface area contributed by atoms with Gasteiger partial charge in [-0.05, 0) is 95.9 Å². The normalized spacial score (nSPS) is 19.5. The minimum atomic E-state index is -1.95. The Balaban J connectivity index is 1.32. The number of rotatable bonds is 8. The minimum absolute atomic E-state index is 0.205. The first-order valence-electron chi connectivity index (χ1n) is 23.1. The van der Waals surface area contributed by atoms with Crippen LogP contribution in [0.1, 0.15) is 144 Å². The average molecular weight is 929 g/mol. The topological polar surface area (TPSA) is 108 Å². The molecular formula is C53H70O10P2. The van der Waals surface area contributed by atoms with Crippen LogP contribution in [0.2, 0.25) is 0 Å². The maximum Gasteiger partial charge on any atom is 0.387 e. The fourth-order valence-electron chi connectivity index (χ4n) is 10.0. The number of benzene rings is 4. The molecule has 65 heavy (non-hydrogen) atoms. The van der Waals surface area contributed by atoms with Crippen LogP contribution < -0.4 is 28.0 Å². The largest absolute Gasteiger partial charge is 0.497 e. The zero-order valence-electron chi connectivity index (χ0n) is 41.5. The second-order valence-electron chi connectivity index (χ2n) is 22.2.